The first kappa shape index (κ1) is 14.1. The number of rotatable bonds is 6. The van der Waals surface area contributed by atoms with Gasteiger partial charge in [-0.15, -0.1) is 0 Å². The molecule has 3 heteroatoms. The summed E-state index contributed by atoms with van der Waals surface area (Å²) in [5.41, 5.74) is 3.60. The van der Waals surface area contributed by atoms with Gasteiger partial charge in [-0.05, 0) is 37.1 Å². The van der Waals surface area contributed by atoms with Gasteiger partial charge in [-0.2, -0.15) is 0 Å². The smallest absolute Gasteiger partial charge is 0.134 e. The monoisotopic (exact) mass is 261 g/mol. The molecule has 0 unspecified atom stereocenters. The second-order valence-corrected chi connectivity index (χ2v) is 5.20. The van der Waals surface area contributed by atoms with E-state index in [0.717, 1.165) is 30.9 Å². The van der Waals surface area contributed by atoms with Gasteiger partial charge in [0.05, 0.1) is 13.2 Å². The zero-order valence-corrected chi connectivity index (χ0v) is 12.2. The summed E-state index contributed by atoms with van der Waals surface area (Å²) in [6.07, 6.45) is 0.941. The highest BCUT2D eigenvalue weighted by Gasteiger charge is 2.16. The van der Waals surface area contributed by atoms with Crippen LogP contribution in [0, 0.1) is 0 Å². The van der Waals surface area contributed by atoms with Crippen molar-refractivity contribution in [1.82, 2.24) is 5.32 Å². The zero-order valence-electron chi connectivity index (χ0n) is 12.2. The summed E-state index contributed by atoms with van der Waals surface area (Å²) in [6.45, 7) is 5.95. The number of hydrogen-bond acceptors (Lipinski definition) is 3. The summed E-state index contributed by atoms with van der Waals surface area (Å²) in [4.78, 5) is 0. The molecule has 2 rings (SSSR count). The van der Waals surface area contributed by atoms with E-state index in [2.05, 4.69) is 37.4 Å². The molecule has 0 fully saturated rings. The van der Waals surface area contributed by atoms with Crippen LogP contribution in [0.4, 0.5) is 0 Å². The predicted octanol–water partition coefficient (Wildman–Crippen LogP) is 3.46. The topological polar surface area (TPSA) is 34.4 Å². The molecule has 0 atom stereocenters. The molecule has 0 aliphatic heterocycles. The van der Waals surface area contributed by atoms with Crippen molar-refractivity contribution in [1.29, 1.82) is 0 Å². The lowest BCUT2D eigenvalue weighted by Gasteiger charge is -2.06. The van der Waals surface area contributed by atoms with Gasteiger partial charge in [0.1, 0.15) is 11.3 Å². The van der Waals surface area contributed by atoms with Crippen molar-refractivity contribution in [2.75, 3.05) is 20.8 Å². The van der Waals surface area contributed by atoms with Crippen molar-refractivity contribution in [3.63, 3.8) is 0 Å². The van der Waals surface area contributed by atoms with Gasteiger partial charge in [0.25, 0.3) is 0 Å². The van der Waals surface area contributed by atoms with Gasteiger partial charge in [-0.3, -0.25) is 0 Å². The summed E-state index contributed by atoms with van der Waals surface area (Å²) in [7, 11) is 3.68. The number of nitrogens with one attached hydrogen (secondary N) is 1. The van der Waals surface area contributed by atoms with Crippen LogP contribution in [-0.4, -0.2) is 20.8 Å². The third kappa shape index (κ3) is 2.99. The summed E-state index contributed by atoms with van der Waals surface area (Å²) in [6, 6.07) is 6.44. The maximum absolute atomic E-state index is 5.97. The molecule has 1 aromatic heterocycles. The van der Waals surface area contributed by atoms with Crippen LogP contribution in [0.2, 0.25) is 0 Å². The van der Waals surface area contributed by atoms with Gasteiger partial charge in [-0.25, -0.2) is 0 Å². The third-order valence-electron chi connectivity index (χ3n) is 3.38. The van der Waals surface area contributed by atoms with Gasteiger partial charge < -0.3 is 14.5 Å². The Bertz CT molecular complexity index is 543. The molecule has 2 aromatic rings. The van der Waals surface area contributed by atoms with Crippen LogP contribution < -0.4 is 5.32 Å². The Morgan fingerprint density at radius 1 is 1.32 bits per heavy atom. The fraction of sp³-hybridized carbons (Fsp3) is 0.500. The molecule has 1 heterocycles. The maximum Gasteiger partial charge on any atom is 0.134 e. The lowest BCUT2D eigenvalue weighted by molar-refractivity contribution is 0.202. The van der Waals surface area contributed by atoms with Gasteiger partial charge in [0, 0.05) is 18.1 Å². The largest absolute Gasteiger partial charge is 0.459 e. The van der Waals surface area contributed by atoms with Crippen LogP contribution in [0.25, 0.3) is 11.0 Å². The molecule has 0 radical (unpaired) electrons. The van der Waals surface area contributed by atoms with Crippen LogP contribution in [0.3, 0.4) is 0 Å². The number of ether oxygens (including phenoxy) is 1. The number of hydrogen-bond donors (Lipinski definition) is 1. The third-order valence-corrected chi connectivity index (χ3v) is 3.38. The van der Waals surface area contributed by atoms with Gasteiger partial charge in [-0.1, -0.05) is 19.9 Å². The molecule has 0 saturated heterocycles. The molecule has 1 N–H and O–H groups in total. The molecule has 3 nitrogen and oxygen atoms in total. The lowest BCUT2D eigenvalue weighted by atomic mass is 9.97. The highest BCUT2D eigenvalue weighted by Crippen LogP contribution is 2.32. The van der Waals surface area contributed by atoms with E-state index >= 15 is 0 Å². The van der Waals surface area contributed by atoms with E-state index in [1.165, 1.54) is 16.5 Å². The van der Waals surface area contributed by atoms with Crippen molar-refractivity contribution in [2.45, 2.75) is 32.7 Å². The Morgan fingerprint density at radius 2 is 2.11 bits per heavy atom. The minimum absolute atomic E-state index is 0.460. The van der Waals surface area contributed by atoms with E-state index in [9.17, 15) is 0 Å². The fourth-order valence-electron chi connectivity index (χ4n) is 2.51. The van der Waals surface area contributed by atoms with Crippen molar-refractivity contribution in [2.24, 2.45) is 0 Å². The van der Waals surface area contributed by atoms with Crippen LogP contribution in [0.1, 0.15) is 36.7 Å². The standard InChI is InChI=1S/C16H23NO2/c1-11(2)16-13-9-12(7-8-18-4)5-6-14(13)19-15(16)10-17-3/h5-6,9,11,17H,7-8,10H2,1-4H3. The summed E-state index contributed by atoms with van der Waals surface area (Å²) >= 11 is 0. The Hall–Kier alpha value is -1.32. The second kappa shape index (κ2) is 6.22. The molecule has 19 heavy (non-hydrogen) atoms. The first-order valence-electron chi connectivity index (χ1n) is 6.85. The fourth-order valence-corrected chi connectivity index (χ4v) is 2.51. The molecule has 0 aliphatic rings. The molecule has 0 amide bonds. The predicted molar refractivity (Wildman–Crippen MR) is 78.6 cm³/mol. The van der Waals surface area contributed by atoms with Crippen LogP contribution in [0.5, 0.6) is 0 Å². The molecule has 0 aliphatic carbocycles. The summed E-state index contributed by atoms with van der Waals surface area (Å²) in [5.74, 6) is 1.51. The first-order valence-corrected chi connectivity index (χ1v) is 6.85. The number of furan rings is 1. The quantitative estimate of drug-likeness (QED) is 0.864. The average molecular weight is 261 g/mol. The summed E-state index contributed by atoms with van der Waals surface area (Å²) < 4.78 is 11.1. The highest BCUT2D eigenvalue weighted by molar-refractivity contribution is 5.83. The zero-order chi connectivity index (χ0) is 13.8. The van der Waals surface area contributed by atoms with Crippen LogP contribution in [0.15, 0.2) is 22.6 Å². The Labute approximate surface area is 114 Å². The average Bonchev–Trinajstić information content (AvgIpc) is 2.74. The SMILES string of the molecule is CNCc1oc2ccc(CCOC)cc2c1C(C)C. The number of benzene rings is 1. The minimum Gasteiger partial charge on any atom is -0.459 e. The highest BCUT2D eigenvalue weighted by atomic mass is 16.5. The van der Waals surface area contributed by atoms with Gasteiger partial charge in [0.2, 0.25) is 0 Å². The number of fused-ring (bicyclic) bond motifs is 1. The van der Waals surface area contributed by atoms with Crippen LogP contribution >= 0.6 is 0 Å². The maximum atomic E-state index is 5.97. The normalized spacial score (nSPS) is 11.6. The lowest BCUT2D eigenvalue weighted by Crippen LogP contribution is -2.06. The second-order valence-electron chi connectivity index (χ2n) is 5.20. The van der Waals surface area contributed by atoms with Crippen molar-refractivity contribution in [3.8, 4) is 0 Å². The molecular weight excluding hydrogens is 238 g/mol. The molecule has 0 saturated carbocycles. The molecule has 0 spiro atoms. The Morgan fingerprint density at radius 3 is 2.74 bits per heavy atom. The Balaban J connectivity index is 2.46. The molecule has 1 aromatic carbocycles. The van der Waals surface area contributed by atoms with Crippen LogP contribution in [-0.2, 0) is 17.7 Å². The van der Waals surface area contributed by atoms with Crippen molar-refractivity contribution in [3.05, 3.63) is 35.1 Å². The summed E-state index contributed by atoms with van der Waals surface area (Å²) in [5, 5.41) is 4.42. The van der Waals surface area contributed by atoms with Gasteiger partial charge >= 0.3 is 0 Å². The van der Waals surface area contributed by atoms with E-state index in [0.29, 0.717) is 5.92 Å². The van der Waals surface area contributed by atoms with E-state index in [1.54, 1.807) is 7.11 Å². The van der Waals surface area contributed by atoms with Crippen molar-refractivity contribution < 1.29 is 9.15 Å². The Kier molecular flexibility index (Phi) is 4.61. The number of methoxy groups -OCH3 is 1. The first-order chi connectivity index (χ1) is 9.17. The van der Waals surface area contributed by atoms with Gasteiger partial charge in [0.15, 0.2) is 0 Å². The molecule has 0 bridgehead atoms. The van der Waals surface area contributed by atoms with E-state index in [4.69, 9.17) is 9.15 Å². The molecule has 104 valence electrons. The van der Waals surface area contributed by atoms with E-state index in [-0.39, 0.29) is 0 Å². The molecular formula is C16H23NO2. The minimum atomic E-state index is 0.460. The van der Waals surface area contributed by atoms with E-state index < -0.39 is 0 Å². The van der Waals surface area contributed by atoms with Crippen molar-refractivity contribution >= 4 is 11.0 Å². The van der Waals surface area contributed by atoms with E-state index in [1.807, 2.05) is 7.05 Å².